The molecule has 0 saturated carbocycles. The van der Waals surface area contributed by atoms with Crippen LogP contribution in [-0.4, -0.2) is 44.9 Å². The molecule has 0 aliphatic carbocycles. The molecule has 0 spiro atoms. The molecule has 1 aliphatic rings. The van der Waals surface area contributed by atoms with Crippen LogP contribution in [0.15, 0.2) is 24.4 Å². The summed E-state index contributed by atoms with van der Waals surface area (Å²) in [4.78, 5) is 20.3. The van der Waals surface area contributed by atoms with E-state index in [9.17, 15) is 10.1 Å². The van der Waals surface area contributed by atoms with Crippen LogP contribution in [0.4, 0.5) is 17.5 Å². The van der Waals surface area contributed by atoms with Gasteiger partial charge in [0.15, 0.2) is 5.82 Å². The van der Waals surface area contributed by atoms with E-state index in [-0.39, 0.29) is 28.0 Å². The van der Waals surface area contributed by atoms with Gasteiger partial charge in [-0.2, -0.15) is 15.3 Å². The highest BCUT2D eigenvalue weighted by Crippen LogP contribution is 2.33. The highest BCUT2D eigenvalue weighted by Gasteiger charge is 2.22. The number of hydrogen-bond donors (Lipinski definition) is 1. The molecule has 0 radical (unpaired) electrons. The number of piperidine rings is 1. The summed E-state index contributed by atoms with van der Waals surface area (Å²) in [5.41, 5.74) is 6.25. The summed E-state index contributed by atoms with van der Waals surface area (Å²) in [6.45, 7) is 1.96. The maximum Gasteiger partial charge on any atom is 0.295 e. The van der Waals surface area contributed by atoms with E-state index in [1.54, 1.807) is 17.8 Å². The number of non-ortho nitro benzene ring substituents is 1. The number of anilines is 2. The number of aryl methyl sites for hydroxylation is 1. The van der Waals surface area contributed by atoms with Crippen molar-refractivity contribution < 1.29 is 9.66 Å². The molecule has 1 fully saturated rings. The zero-order chi connectivity index (χ0) is 21.7. The Hall–Kier alpha value is -3.94. The van der Waals surface area contributed by atoms with E-state index >= 15 is 0 Å². The molecule has 2 aromatic heterocycles. The Morgan fingerprint density at radius 2 is 2.03 bits per heavy atom. The molecule has 1 saturated heterocycles. The summed E-state index contributed by atoms with van der Waals surface area (Å²) in [6.07, 6.45) is 4.89. The van der Waals surface area contributed by atoms with Gasteiger partial charge in [0.1, 0.15) is 17.1 Å². The van der Waals surface area contributed by atoms with Gasteiger partial charge in [0, 0.05) is 26.2 Å². The molecule has 11 nitrogen and oxygen atoms in total. The number of aromatic nitrogens is 4. The first-order chi connectivity index (χ1) is 14.5. The lowest BCUT2D eigenvalue weighted by atomic mass is 10.1. The fourth-order valence-corrected chi connectivity index (χ4v) is 3.40. The number of nitriles is 1. The van der Waals surface area contributed by atoms with E-state index in [0.717, 1.165) is 37.1 Å². The highest BCUT2D eigenvalue weighted by atomic mass is 16.6. The summed E-state index contributed by atoms with van der Waals surface area (Å²) >= 11 is 0. The lowest BCUT2D eigenvalue weighted by Gasteiger charge is -2.26. The number of fused-ring (bicyclic) bond motifs is 1. The van der Waals surface area contributed by atoms with Gasteiger partial charge in [-0.05, 0) is 25.3 Å². The van der Waals surface area contributed by atoms with Gasteiger partial charge in [-0.1, -0.05) is 6.07 Å². The molecule has 3 aromatic rings. The number of nitrogen functional groups attached to an aromatic ring is 1. The Labute approximate surface area is 172 Å². The molecule has 3 heterocycles. The van der Waals surface area contributed by atoms with Crippen LogP contribution in [0.3, 0.4) is 0 Å². The second-order valence-corrected chi connectivity index (χ2v) is 6.69. The van der Waals surface area contributed by atoms with Crippen LogP contribution in [0.5, 0.6) is 5.88 Å². The normalized spacial score (nSPS) is 13.3. The van der Waals surface area contributed by atoms with E-state index in [4.69, 9.17) is 15.7 Å². The van der Waals surface area contributed by atoms with Crippen molar-refractivity contribution in [1.29, 1.82) is 5.26 Å². The van der Waals surface area contributed by atoms with Crippen molar-refractivity contribution in [3.05, 3.63) is 40.1 Å². The van der Waals surface area contributed by atoms with Crippen LogP contribution in [0.2, 0.25) is 0 Å². The van der Waals surface area contributed by atoms with Gasteiger partial charge in [0.25, 0.3) is 5.69 Å². The average Bonchev–Trinajstić information content (AvgIpc) is 3.11. The predicted molar refractivity (Wildman–Crippen MR) is 111 cm³/mol. The first-order valence-electron chi connectivity index (χ1n) is 9.38. The first kappa shape index (κ1) is 20.8. The minimum absolute atomic E-state index is 0.0980. The fraction of sp³-hybridized carbons (Fsp3) is 0.368. The topological polar surface area (TPSA) is 149 Å². The third kappa shape index (κ3) is 4.22. The van der Waals surface area contributed by atoms with Crippen molar-refractivity contribution in [1.82, 2.24) is 19.7 Å². The number of benzene rings is 1. The molecular weight excluding hydrogens is 388 g/mol. The van der Waals surface area contributed by atoms with Gasteiger partial charge in [-0.3, -0.25) is 14.8 Å². The van der Waals surface area contributed by atoms with E-state index in [1.807, 2.05) is 12.1 Å². The zero-order valence-electron chi connectivity index (χ0n) is 16.8. The summed E-state index contributed by atoms with van der Waals surface area (Å²) < 4.78 is 6.39. The van der Waals surface area contributed by atoms with Gasteiger partial charge in [-0.15, -0.1) is 0 Å². The number of methoxy groups -OCH3 is 1. The number of nitro groups is 1. The Morgan fingerprint density at radius 1 is 1.30 bits per heavy atom. The minimum Gasteiger partial charge on any atom is -0.480 e. The van der Waals surface area contributed by atoms with E-state index in [0.29, 0.717) is 5.52 Å². The molecule has 156 valence electrons. The van der Waals surface area contributed by atoms with Gasteiger partial charge in [-0.25, -0.2) is 4.98 Å². The molecule has 2 N–H and O–H groups in total. The quantitative estimate of drug-likeness (QED) is 0.507. The van der Waals surface area contributed by atoms with Crippen molar-refractivity contribution in [3.8, 4) is 11.9 Å². The summed E-state index contributed by atoms with van der Waals surface area (Å²) in [6, 6.07) is 7.05. The van der Waals surface area contributed by atoms with Crippen molar-refractivity contribution in [2.45, 2.75) is 19.3 Å². The van der Waals surface area contributed by atoms with Crippen molar-refractivity contribution in [2.75, 3.05) is 30.8 Å². The van der Waals surface area contributed by atoms with E-state index in [1.165, 1.54) is 25.8 Å². The minimum atomic E-state index is -0.343. The molecule has 4 rings (SSSR count). The zero-order valence-corrected chi connectivity index (χ0v) is 16.8. The number of para-hydroxylation sites is 1. The van der Waals surface area contributed by atoms with Crippen LogP contribution in [0, 0.1) is 21.4 Å². The highest BCUT2D eigenvalue weighted by molar-refractivity contribution is 5.96. The van der Waals surface area contributed by atoms with Crippen LogP contribution in [0.1, 0.15) is 24.8 Å². The molecule has 0 amide bonds. The van der Waals surface area contributed by atoms with Gasteiger partial charge < -0.3 is 15.4 Å². The molecule has 0 unspecified atom stereocenters. The summed E-state index contributed by atoms with van der Waals surface area (Å²) in [5.74, 6) is 1.18. The molecule has 1 aromatic carbocycles. The largest absolute Gasteiger partial charge is 0.480 e. The molecular formula is C19H22N8O3. The van der Waals surface area contributed by atoms with Crippen LogP contribution >= 0.6 is 0 Å². The smallest absolute Gasteiger partial charge is 0.295 e. The maximum atomic E-state index is 11.1. The van der Waals surface area contributed by atoms with E-state index < -0.39 is 0 Å². The summed E-state index contributed by atoms with van der Waals surface area (Å²) in [7, 11) is 3.19. The van der Waals surface area contributed by atoms with Gasteiger partial charge >= 0.3 is 0 Å². The summed E-state index contributed by atoms with van der Waals surface area (Å²) in [5, 5.41) is 25.0. The van der Waals surface area contributed by atoms with Gasteiger partial charge in [0.2, 0.25) is 11.8 Å². The van der Waals surface area contributed by atoms with Crippen LogP contribution in [0.25, 0.3) is 10.9 Å². The number of rotatable bonds is 3. The second-order valence-electron chi connectivity index (χ2n) is 6.69. The third-order valence-corrected chi connectivity index (χ3v) is 4.76. The predicted octanol–water partition coefficient (Wildman–Crippen LogP) is 2.41. The van der Waals surface area contributed by atoms with E-state index in [2.05, 4.69) is 20.0 Å². The Bertz CT molecular complexity index is 1100. The van der Waals surface area contributed by atoms with Crippen molar-refractivity contribution in [3.63, 3.8) is 0 Å². The molecule has 0 atom stereocenters. The maximum absolute atomic E-state index is 11.1. The Morgan fingerprint density at radius 3 is 2.67 bits per heavy atom. The SMILES string of the molecule is COc1nc(N)ncc1C#N.Cn1nc(N2CCCCC2)c2cccc([N+](=O)[O-])c21. The fourth-order valence-electron chi connectivity index (χ4n) is 3.40. The monoisotopic (exact) mass is 410 g/mol. The van der Waals surface area contributed by atoms with Crippen LogP contribution < -0.4 is 15.4 Å². The number of nitrogens with zero attached hydrogens (tertiary/aromatic N) is 7. The number of nitrogens with two attached hydrogens (primary N) is 1. The standard InChI is InChI=1S/C13H16N4O2.C6H6N4O/c1-15-12-10(6-5-7-11(12)17(18)19)13(14-15)16-8-3-2-4-9-16;1-11-5-4(2-7)3-9-6(8)10-5/h5-7H,2-4,8-9H2,1H3;3H,1H3,(H2,8,9,10). The average molecular weight is 410 g/mol. The lowest BCUT2D eigenvalue weighted by molar-refractivity contribution is -0.383. The molecule has 30 heavy (non-hydrogen) atoms. The molecule has 11 heteroatoms. The third-order valence-electron chi connectivity index (χ3n) is 4.76. The first-order valence-corrected chi connectivity index (χ1v) is 9.38. The Balaban J connectivity index is 0.000000199. The number of ether oxygens (including phenoxy) is 1. The number of nitro benzene ring substituents is 1. The molecule has 1 aliphatic heterocycles. The Kier molecular flexibility index (Phi) is 6.26. The lowest BCUT2D eigenvalue weighted by Crippen LogP contribution is -2.29. The van der Waals surface area contributed by atoms with Crippen LogP contribution in [-0.2, 0) is 7.05 Å². The van der Waals surface area contributed by atoms with Gasteiger partial charge in [0.05, 0.1) is 23.6 Å². The van der Waals surface area contributed by atoms with Crippen molar-refractivity contribution >= 4 is 28.4 Å². The number of hydrogen-bond acceptors (Lipinski definition) is 9. The molecule has 0 bridgehead atoms. The second kappa shape index (κ2) is 9.04. The van der Waals surface area contributed by atoms with Crippen molar-refractivity contribution in [2.24, 2.45) is 7.05 Å².